The van der Waals surface area contributed by atoms with E-state index in [4.69, 9.17) is 15.9 Å². The van der Waals surface area contributed by atoms with E-state index in [1.807, 2.05) is 0 Å². The van der Waals surface area contributed by atoms with Crippen molar-refractivity contribution >= 4 is 48.3 Å². The summed E-state index contributed by atoms with van der Waals surface area (Å²) in [6.07, 6.45) is 1.80. The molecular weight excluding hydrogens is 344 g/mol. The van der Waals surface area contributed by atoms with E-state index in [0.29, 0.717) is 5.17 Å². The number of anilines is 1. The van der Waals surface area contributed by atoms with Crippen molar-refractivity contribution in [3.63, 3.8) is 0 Å². The van der Waals surface area contributed by atoms with Crippen LogP contribution in [0.15, 0.2) is 40.5 Å². The summed E-state index contributed by atoms with van der Waals surface area (Å²) >= 11 is 0. The molecule has 1 aromatic carbocycles. The number of carbonyl (C=O) groups excluding carboxylic acids is 1. The Hall–Kier alpha value is -2.54. The predicted octanol–water partition coefficient (Wildman–Crippen LogP) is 1.83. The summed E-state index contributed by atoms with van der Waals surface area (Å²) in [5, 5.41) is 22.3. The third kappa shape index (κ3) is 3.81. The van der Waals surface area contributed by atoms with Crippen molar-refractivity contribution in [1.82, 2.24) is 4.98 Å². The van der Waals surface area contributed by atoms with Crippen LogP contribution in [0.3, 0.4) is 0 Å². The fraction of sp³-hybridized carbons (Fsp3) is 0.0769. The minimum Gasteiger partial charge on any atom is -0.292 e. The highest BCUT2D eigenvalue weighted by Gasteiger charge is 2.18. The van der Waals surface area contributed by atoms with Crippen LogP contribution in [0.5, 0.6) is 0 Å². The molecule has 118 valence electrons. The molecule has 0 spiro atoms. The molecule has 0 aliphatic rings. The first-order valence-electron chi connectivity index (χ1n) is 6.09. The van der Waals surface area contributed by atoms with Gasteiger partial charge >= 0.3 is 0 Å². The van der Waals surface area contributed by atoms with Gasteiger partial charge in [-0.05, 0) is 24.3 Å². The normalized spacial score (nSPS) is 11.5. The van der Waals surface area contributed by atoms with Gasteiger partial charge in [-0.2, -0.15) is 10.4 Å². The van der Waals surface area contributed by atoms with Gasteiger partial charge in [0.15, 0.2) is 5.78 Å². The maximum absolute atomic E-state index is 11.6. The standard InChI is InChI=1S/C13H9ClN4O4S/c14-23(21,22)12-4-3-11(13-10(12)2-1-7-16-13)18(20)17-8-9(19)5-6-15/h1-4,7-8,20H,5H2. The van der Waals surface area contributed by atoms with Crippen LogP contribution < -0.4 is 5.17 Å². The van der Waals surface area contributed by atoms with Crippen molar-refractivity contribution in [3.05, 3.63) is 30.5 Å². The molecule has 0 amide bonds. The van der Waals surface area contributed by atoms with Gasteiger partial charge in [-0.1, -0.05) is 0 Å². The first-order chi connectivity index (χ1) is 10.8. The molecule has 1 aromatic heterocycles. The quantitative estimate of drug-likeness (QED) is 0.494. The number of Topliss-reactive ketones (excluding diaryl/α,β-unsaturated/α-hetero) is 1. The number of pyridine rings is 1. The maximum Gasteiger partial charge on any atom is 0.261 e. The molecule has 0 saturated heterocycles. The molecule has 0 radical (unpaired) electrons. The third-order valence-electron chi connectivity index (χ3n) is 2.75. The van der Waals surface area contributed by atoms with Crippen molar-refractivity contribution in [3.8, 4) is 6.07 Å². The van der Waals surface area contributed by atoms with E-state index in [2.05, 4.69) is 10.1 Å². The molecule has 1 heterocycles. The average molecular weight is 353 g/mol. The van der Waals surface area contributed by atoms with Crippen LogP contribution in [0.4, 0.5) is 5.69 Å². The topological polar surface area (TPSA) is 124 Å². The smallest absolute Gasteiger partial charge is 0.261 e. The molecule has 10 heteroatoms. The van der Waals surface area contributed by atoms with Gasteiger partial charge in [0.1, 0.15) is 5.69 Å². The summed E-state index contributed by atoms with van der Waals surface area (Å²) in [6, 6.07) is 7.07. The second-order valence-corrected chi connectivity index (χ2v) is 6.79. The van der Waals surface area contributed by atoms with Crippen molar-refractivity contribution < 1.29 is 18.4 Å². The second kappa shape index (κ2) is 6.70. The summed E-state index contributed by atoms with van der Waals surface area (Å²) in [5.74, 6) is -0.594. The van der Waals surface area contributed by atoms with E-state index < -0.39 is 14.8 Å². The van der Waals surface area contributed by atoms with Crippen molar-refractivity contribution in [2.75, 3.05) is 5.17 Å². The van der Waals surface area contributed by atoms with Crippen LogP contribution in [0.1, 0.15) is 6.42 Å². The molecule has 0 aliphatic heterocycles. The van der Waals surface area contributed by atoms with E-state index >= 15 is 0 Å². The highest BCUT2D eigenvalue weighted by Crippen LogP contribution is 2.31. The number of nitriles is 1. The third-order valence-corrected chi connectivity index (χ3v) is 4.13. The molecule has 0 unspecified atom stereocenters. The molecular formula is C13H9ClN4O4S. The number of hydrogen-bond donors (Lipinski definition) is 1. The lowest BCUT2D eigenvalue weighted by atomic mass is 10.2. The number of carbonyl (C=O) groups is 1. The van der Waals surface area contributed by atoms with E-state index in [1.54, 1.807) is 6.07 Å². The highest BCUT2D eigenvalue weighted by atomic mass is 35.7. The number of rotatable bonds is 5. The fourth-order valence-corrected chi connectivity index (χ4v) is 2.87. The molecule has 2 aromatic rings. The number of ketones is 1. The lowest BCUT2D eigenvalue weighted by Gasteiger charge is -2.13. The predicted molar refractivity (Wildman–Crippen MR) is 82.8 cm³/mol. The Morgan fingerprint density at radius 1 is 1.48 bits per heavy atom. The molecule has 8 nitrogen and oxygen atoms in total. The second-order valence-electron chi connectivity index (χ2n) is 4.26. The summed E-state index contributed by atoms with van der Waals surface area (Å²) < 4.78 is 23.1. The Morgan fingerprint density at radius 3 is 2.87 bits per heavy atom. The van der Waals surface area contributed by atoms with Gasteiger partial charge in [-0.3, -0.25) is 15.0 Å². The van der Waals surface area contributed by atoms with E-state index in [0.717, 1.165) is 6.21 Å². The zero-order valence-corrected chi connectivity index (χ0v) is 13.0. The zero-order valence-electron chi connectivity index (χ0n) is 11.4. The fourth-order valence-electron chi connectivity index (χ4n) is 1.81. The minimum atomic E-state index is -4.00. The van der Waals surface area contributed by atoms with E-state index in [1.165, 1.54) is 30.5 Å². The highest BCUT2D eigenvalue weighted by molar-refractivity contribution is 8.14. The number of aromatic nitrogens is 1. The lowest BCUT2D eigenvalue weighted by molar-refractivity contribution is -0.111. The minimum absolute atomic E-state index is 0.0469. The number of halogens is 1. The number of nitrogens with zero attached hydrogens (tertiary/aromatic N) is 4. The first-order valence-corrected chi connectivity index (χ1v) is 8.40. The van der Waals surface area contributed by atoms with Crippen LogP contribution in [-0.2, 0) is 13.8 Å². The van der Waals surface area contributed by atoms with Crippen LogP contribution in [0.2, 0.25) is 0 Å². The van der Waals surface area contributed by atoms with Gasteiger partial charge in [0.2, 0.25) is 0 Å². The van der Waals surface area contributed by atoms with E-state index in [9.17, 15) is 18.4 Å². The summed E-state index contributed by atoms with van der Waals surface area (Å²) in [4.78, 5) is 15.0. The Balaban J connectivity index is 2.52. The number of hydrogen-bond acceptors (Lipinski definition) is 8. The van der Waals surface area contributed by atoms with Crippen LogP contribution >= 0.6 is 10.7 Å². The molecule has 23 heavy (non-hydrogen) atoms. The Bertz CT molecular complexity index is 937. The van der Waals surface area contributed by atoms with Gasteiger partial charge in [-0.25, -0.2) is 8.42 Å². The Labute approximate surface area is 135 Å². The number of hydrazone groups is 1. The molecule has 0 aliphatic carbocycles. The molecule has 1 N–H and O–H groups in total. The number of benzene rings is 1. The van der Waals surface area contributed by atoms with Crippen molar-refractivity contribution in [2.45, 2.75) is 11.3 Å². The average Bonchev–Trinajstić information content (AvgIpc) is 2.51. The molecule has 0 saturated carbocycles. The summed E-state index contributed by atoms with van der Waals surface area (Å²) in [7, 11) is 1.37. The lowest BCUT2D eigenvalue weighted by Crippen LogP contribution is -2.13. The van der Waals surface area contributed by atoms with Crippen LogP contribution in [-0.4, -0.2) is 30.6 Å². The molecule has 0 fully saturated rings. The van der Waals surface area contributed by atoms with Crippen molar-refractivity contribution in [2.24, 2.45) is 5.10 Å². The van der Waals surface area contributed by atoms with Crippen LogP contribution in [0.25, 0.3) is 10.9 Å². The van der Waals surface area contributed by atoms with Gasteiger partial charge in [-0.15, -0.1) is 5.17 Å². The van der Waals surface area contributed by atoms with Crippen molar-refractivity contribution in [1.29, 1.82) is 5.26 Å². The van der Waals surface area contributed by atoms with Crippen LogP contribution in [0, 0.1) is 11.3 Å². The number of fused-ring (bicyclic) bond motifs is 1. The van der Waals surface area contributed by atoms with Gasteiger partial charge in [0, 0.05) is 22.3 Å². The molecule has 0 bridgehead atoms. The maximum atomic E-state index is 11.6. The molecule has 2 rings (SSSR count). The van der Waals surface area contributed by atoms with Gasteiger partial charge < -0.3 is 0 Å². The monoisotopic (exact) mass is 352 g/mol. The van der Waals surface area contributed by atoms with Gasteiger partial charge in [0.25, 0.3) is 9.05 Å². The zero-order chi connectivity index (χ0) is 17.0. The Kier molecular flexibility index (Phi) is 4.90. The first kappa shape index (κ1) is 16.8. The summed E-state index contributed by atoms with van der Waals surface area (Å²) in [6.45, 7) is 0. The molecule has 0 atom stereocenters. The van der Waals surface area contributed by atoms with E-state index in [-0.39, 0.29) is 27.9 Å². The summed E-state index contributed by atoms with van der Waals surface area (Å²) in [5.41, 5.74) is 0.173. The SMILES string of the molecule is N#CCC(=O)C=NN(O)c1ccc(S(=O)(=O)Cl)c2cccnc12. The van der Waals surface area contributed by atoms with Gasteiger partial charge in [0.05, 0.1) is 29.1 Å². The Morgan fingerprint density at radius 2 is 2.22 bits per heavy atom. The largest absolute Gasteiger partial charge is 0.292 e.